The summed E-state index contributed by atoms with van der Waals surface area (Å²) in [6, 6.07) is 8.26. The van der Waals surface area contributed by atoms with Crippen LogP contribution in [0.2, 0.25) is 0 Å². The molecule has 2 N–H and O–H groups in total. The molecule has 8 bridgehead atoms. The topological polar surface area (TPSA) is 122 Å². The fourth-order valence-corrected chi connectivity index (χ4v) is 5.16. The molecule has 12 heteroatoms. The van der Waals surface area contributed by atoms with E-state index in [4.69, 9.17) is 4.98 Å². The van der Waals surface area contributed by atoms with E-state index < -0.39 is 0 Å². The van der Waals surface area contributed by atoms with Crippen LogP contribution >= 0.6 is 0 Å². The Morgan fingerprint density at radius 1 is 0.821 bits per heavy atom. The predicted molar refractivity (Wildman–Crippen MR) is 148 cm³/mol. The van der Waals surface area contributed by atoms with Gasteiger partial charge in [0.1, 0.15) is 0 Å². The molecule has 4 aromatic rings. The Balaban J connectivity index is 1.18. The summed E-state index contributed by atoms with van der Waals surface area (Å²) in [5.41, 5.74) is 4.22. The first kappa shape index (κ1) is 25.4. The molecule has 39 heavy (non-hydrogen) atoms. The summed E-state index contributed by atoms with van der Waals surface area (Å²) in [7, 11) is 0. The molecule has 0 radical (unpaired) electrons. The lowest BCUT2D eigenvalue weighted by atomic mass is 10.1. The quantitative estimate of drug-likeness (QED) is 0.352. The highest BCUT2D eigenvalue weighted by molar-refractivity contribution is 5.75. The van der Waals surface area contributed by atoms with Crippen LogP contribution in [0.4, 0.5) is 11.6 Å². The number of nitrogens with zero attached hydrogens (tertiary/aromatic N) is 9. The van der Waals surface area contributed by atoms with Crippen molar-refractivity contribution in [3.63, 3.8) is 0 Å². The van der Waals surface area contributed by atoms with Crippen LogP contribution in [0.15, 0.2) is 42.9 Å². The number of anilines is 2. The molecule has 0 saturated carbocycles. The van der Waals surface area contributed by atoms with E-state index >= 15 is 0 Å². The first-order valence-corrected chi connectivity index (χ1v) is 13.9. The van der Waals surface area contributed by atoms with Crippen LogP contribution in [-0.4, -0.2) is 96.3 Å². The first-order chi connectivity index (χ1) is 19.2. The van der Waals surface area contributed by atoms with E-state index in [1.807, 2.05) is 23.0 Å². The number of carbonyl (C=O) groups excluding carboxylic acids is 1. The summed E-state index contributed by atoms with van der Waals surface area (Å²) in [5, 5.41) is 19.4. The minimum atomic E-state index is 0.156. The van der Waals surface area contributed by atoms with Crippen molar-refractivity contribution in [3.05, 3.63) is 48.4 Å². The van der Waals surface area contributed by atoms with Gasteiger partial charge in [-0.1, -0.05) is 17.3 Å². The average Bonchev–Trinajstić information content (AvgIpc) is 3.59. The summed E-state index contributed by atoms with van der Waals surface area (Å²) in [6.07, 6.45) is 9.82. The second kappa shape index (κ2) is 11.9. The van der Waals surface area contributed by atoms with Crippen molar-refractivity contribution in [2.45, 2.75) is 38.6 Å². The molecule has 1 amide bonds. The second-order valence-corrected chi connectivity index (χ2v) is 10.3. The van der Waals surface area contributed by atoms with Crippen molar-refractivity contribution >= 4 is 28.7 Å². The standard InChI is InChI=1S/C27H35N11O/c39-25-5-2-1-4-21-6-8-23(9-7-21)38-26-24(33-34-38)19-29-27(32-26)31-22-18-30-37(20-22)17-16-36-14-12-35(13-15-36)11-3-10-28-25/h6-9,18-20H,1-5,10-17H2,(H,28,39)(H,29,31,32). The highest BCUT2D eigenvalue weighted by atomic mass is 16.1. The van der Waals surface area contributed by atoms with Crippen LogP contribution in [-0.2, 0) is 17.8 Å². The van der Waals surface area contributed by atoms with Gasteiger partial charge in [-0.25, -0.2) is 4.98 Å². The molecule has 5 aliphatic heterocycles. The van der Waals surface area contributed by atoms with Crippen LogP contribution in [0.25, 0.3) is 16.9 Å². The SMILES string of the molecule is O=C1CCCCc2ccc(cc2)-n2nnc3cnc(nc32)Nc2cnn(c2)CCN2CCN(CCCN1)CC2. The Morgan fingerprint density at radius 2 is 1.59 bits per heavy atom. The van der Waals surface area contributed by atoms with Crippen molar-refractivity contribution in [1.29, 1.82) is 0 Å². The summed E-state index contributed by atoms with van der Waals surface area (Å²) >= 11 is 0. The fraction of sp³-hybridized carbons (Fsp3) is 0.481. The minimum Gasteiger partial charge on any atom is -0.356 e. The normalized spacial score (nSPS) is 21.5. The molecular formula is C27H35N11O. The van der Waals surface area contributed by atoms with Crippen molar-refractivity contribution in [3.8, 4) is 5.69 Å². The van der Waals surface area contributed by atoms with Gasteiger partial charge < -0.3 is 15.5 Å². The lowest BCUT2D eigenvalue weighted by molar-refractivity contribution is -0.121. The Labute approximate surface area is 227 Å². The van der Waals surface area contributed by atoms with Gasteiger partial charge in [0, 0.05) is 51.9 Å². The van der Waals surface area contributed by atoms with Crippen molar-refractivity contribution in [1.82, 2.24) is 49.9 Å². The summed E-state index contributed by atoms with van der Waals surface area (Å²) in [5.74, 6) is 0.628. The number of carbonyl (C=O) groups is 1. The molecule has 1 saturated heterocycles. The number of amides is 1. The van der Waals surface area contributed by atoms with E-state index in [0.29, 0.717) is 23.5 Å². The molecule has 9 rings (SSSR count). The summed E-state index contributed by atoms with van der Waals surface area (Å²) < 4.78 is 3.68. The lowest BCUT2D eigenvalue weighted by Gasteiger charge is -2.34. The van der Waals surface area contributed by atoms with E-state index in [-0.39, 0.29) is 5.91 Å². The monoisotopic (exact) mass is 529 g/mol. The van der Waals surface area contributed by atoms with Gasteiger partial charge in [-0.05, 0) is 49.9 Å². The molecule has 12 nitrogen and oxygen atoms in total. The first-order valence-electron chi connectivity index (χ1n) is 13.9. The highest BCUT2D eigenvalue weighted by Gasteiger charge is 2.17. The molecule has 8 heterocycles. The van der Waals surface area contributed by atoms with Gasteiger partial charge in [0.25, 0.3) is 0 Å². The fourth-order valence-electron chi connectivity index (χ4n) is 5.16. The van der Waals surface area contributed by atoms with E-state index in [0.717, 1.165) is 89.4 Å². The molecule has 0 aliphatic carbocycles. The van der Waals surface area contributed by atoms with Crippen LogP contribution in [0.5, 0.6) is 0 Å². The van der Waals surface area contributed by atoms with Crippen LogP contribution in [0.3, 0.4) is 0 Å². The molecule has 1 aromatic carbocycles. The molecular weight excluding hydrogens is 494 g/mol. The molecule has 0 unspecified atom stereocenters. The van der Waals surface area contributed by atoms with Gasteiger partial charge >= 0.3 is 0 Å². The Bertz CT molecular complexity index is 1390. The van der Waals surface area contributed by atoms with Crippen molar-refractivity contribution in [2.75, 3.05) is 51.1 Å². The van der Waals surface area contributed by atoms with Gasteiger partial charge in [0.2, 0.25) is 11.9 Å². The lowest BCUT2D eigenvalue weighted by Crippen LogP contribution is -2.47. The highest BCUT2D eigenvalue weighted by Crippen LogP contribution is 2.19. The number of nitrogens with one attached hydrogen (secondary N) is 2. The molecule has 5 aliphatic rings. The van der Waals surface area contributed by atoms with E-state index in [1.54, 1.807) is 17.1 Å². The number of hydrogen-bond donors (Lipinski definition) is 2. The Hall–Kier alpha value is -3.90. The molecule has 0 atom stereocenters. The zero-order chi connectivity index (χ0) is 26.4. The number of aryl methyl sites for hydroxylation is 1. The van der Waals surface area contributed by atoms with Gasteiger partial charge in [-0.3, -0.25) is 14.4 Å². The second-order valence-electron chi connectivity index (χ2n) is 10.3. The van der Waals surface area contributed by atoms with Crippen molar-refractivity contribution in [2.24, 2.45) is 0 Å². The number of piperazine rings is 1. The Morgan fingerprint density at radius 3 is 2.44 bits per heavy atom. The molecule has 0 spiro atoms. The number of benzene rings is 1. The largest absolute Gasteiger partial charge is 0.356 e. The van der Waals surface area contributed by atoms with Gasteiger partial charge in [-0.15, -0.1) is 5.10 Å². The predicted octanol–water partition coefficient (Wildman–Crippen LogP) is 2.00. The zero-order valence-electron chi connectivity index (χ0n) is 22.2. The van der Waals surface area contributed by atoms with E-state index in [9.17, 15) is 4.79 Å². The number of aromatic nitrogens is 7. The van der Waals surface area contributed by atoms with Gasteiger partial charge in [-0.2, -0.15) is 14.8 Å². The van der Waals surface area contributed by atoms with Crippen LogP contribution in [0, 0.1) is 0 Å². The molecule has 3 aromatic heterocycles. The smallest absolute Gasteiger partial charge is 0.229 e. The Kier molecular flexibility index (Phi) is 7.73. The minimum absolute atomic E-state index is 0.156. The number of hydrogen-bond acceptors (Lipinski definition) is 9. The van der Waals surface area contributed by atoms with Crippen molar-refractivity contribution < 1.29 is 4.79 Å². The van der Waals surface area contributed by atoms with E-state index in [2.05, 4.69) is 53.0 Å². The molecule has 204 valence electrons. The molecule has 1 fully saturated rings. The third-order valence-electron chi connectivity index (χ3n) is 7.47. The van der Waals surface area contributed by atoms with E-state index in [1.165, 1.54) is 5.56 Å². The third kappa shape index (κ3) is 6.40. The zero-order valence-corrected chi connectivity index (χ0v) is 22.2. The maximum atomic E-state index is 12.3. The average molecular weight is 530 g/mol. The number of rotatable bonds is 0. The third-order valence-corrected chi connectivity index (χ3v) is 7.47. The summed E-state index contributed by atoms with van der Waals surface area (Å²) in [6.45, 7) is 7.78. The van der Waals surface area contributed by atoms with Crippen LogP contribution in [0.1, 0.15) is 31.2 Å². The maximum absolute atomic E-state index is 12.3. The maximum Gasteiger partial charge on any atom is 0.229 e. The van der Waals surface area contributed by atoms with Gasteiger partial charge in [0.15, 0.2) is 11.2 Å². The summed E-state index contributed by atoms with van der Waals surface area (Å²) in [4.78, 5) is 26.3. The van der Waals surface area contributed by atoms with Gasteiger partial charge in [0.05, 0.1) is 30.3 Å². The van der Waals surface area contributed by atoms with Crippen LogP contribution < -0.4 is 10.6 Å².